The summed E-state index contributed by atoms with van der Waals surface area (Å²) >= 11 is 1.60. The topological polar surface area (TPSA) is 62.7 Å². The summed E-state index contributed by atoms with van der Waals surface area (Å²) in [6.45, 7) is 7.89. The van der Waals surface area contributed by atoms with Crippen molar-refractivity contribution in [1.82, 2.24) is 4.68 Å². The molecule has 1 aromatic heterocycles. The van der Waals surface area contributed by atoms with Crippen LogP contribution in [0.1, 0.15) is 40.7 Å². The number of rotatable bonds is 5. The van der Waals surface area contributed by atoms with E-state index < -0.39 is 0 Å². The van der Waals surface area contributed by atoms with Gasteiger partial charge in [-0.2, -0.15) is 10.4 Å². The molecule has 0 bridgehead atoms. The van der Waals surface area contributed by atoms with Crippen molar-refractivity contribution in [3.63, 3.8) is 0 Å². The minimum absolute atomic E-state index is 0.199. The summed E-state index contributed by atoms with van der Waals surface area (Å²) in [7, 11) is 0. The van der Waals surface area contributed by atoms with Crippen LogP contribution in [-0.2, 0) is 4.74 Å². The van der Waals surface area contributed by atoms with Gasteiger partial charge in [0.1, 0.15) is 0 Å². The molecule has 6 heteroatoms. The van der Waals surface area contributed by atoms with Crippen molar-refractivity contribution in [2.45, 2.75) is 39.7 Å². The second-order valence-corrected chi connectivity index (χ2v) is 8.76. The Bertz CT molecular complexity index is 1210. The fraction of sp³-hybridized carbons (Fsp3) is 0.320. The standard InChI is InChI=1S/C25H26N4OS/c1-17-11-19(3)23(12-18(17)2)24-16-31-25(27-15-22-5-4-10-30-22)29(24)28-14-21-8-6-20(13-26)7-9-21/h6-9,11-12,14,16,22H,4-5,10,15H2,1-3H3. The van der Waals surface area contributed by atoms with Gasteiger partial charge in [-0.05, 0) is 74.1 Å². The van der Waals surface area contributed by atoms with Gasteiger partial charge in [-0.25, -0.2) is 4.68 Å². The summed E-state index contributed by atoms with van der Waals surface area (Å²) in [4.78, 5) is 5.70. The number of ether oxygens (including phenoxy) is 1. The quantitative estimate of drug-likeness (QED) is 0.536. The molecular formula is C25H26N4OS. The normalized spacial score (nSPS) is 16.8. The van der Waals surface area contributed by atoms with E-state index in [0.717, 1.165) is 41.1 Å². The number of nitriles is 1. The van der Waals surface area contributed by atoms with Crippen molar-refractivity contribution in [3.8, 4) is 17.3 Å². The summed E-state index contributed by atoms with van der Waals surface area (Å²) < 4.78 is 7.67. The van der Waals surface area contributed by atoms with Gasteiger partial charge >= 0.3 is 0 Å². The molecule has 0 spiro atoms. The summed E-state index contributed by atoms with van der Waals surface area (Å²) in [6, 6.07) is 14.0. The maximum absolute atomic E-state index is 9.02. The molecule has 4 rings (SSSR count). The minimum atomic E-state index is 0.199. The number of benzene rings is 2. The molecule has 1 unspecified atom stereocenters. The van der Waals surface area contributed by atoms with Crippen molar-refractivity contribution in [3.05, 3.63) is 74.4 Å². The zero-order valence-corrected chi connectivity index (χ0v) is 18.9. The van der Waals surface area contributed by atoms with Crippen LogP contribution in [0.5, 0.6) is 0 Å². The zero-order valence-electron chi connectivity index (χ0n) is 18.1. The lowest BCUT2D eigenvalue weighted by molar-refractivity contribution is 0.117. The number of hydrogen-bond donors (Lipinski definition) is 0. The molecule has 3 aromatic rings. The fourth-order valence-corrected chi connectivity index (χ4v) is 4.52. The molecule has 1 aliphatic heterocycles. The summed E-state index contributed by atoms with van der Waals surface area (Å²) in [6.07, 6.45) is 4.18. The van der Waals surface area contributed by atoms with Gasteiger partial charge in [0, 0.05) is 17.6 Å². The molecule has 1 fully saturated rings. The molecule has 0 radical (unpaired) electrons. The number of aryl methyl sites for hydroxylation is 3. The molecule has 1 aliphatic rings. The first kappa shape index (κ1) is 21.2. The average Bonchev–Trinajstić information content (AvgIpc) is 3.43. The Morgan fingerprint density at radius 1 is 1.16 bits per heavy atom. The van der Waals surface area contributed by atoms with E-state index in [2.05, 4.69) is 44.4 Å². The lowest BCUT2D eigenvalue weighted by Crippen LogP contribution is -2.17. The number of thiazole rings is 1. The van der Waals surface area contributed by atoms with E-state index in [4.69, 9.17) is 20.1 Å². The Kier molecular flexibility index (Phi) is 6.45. The molecule has 31 heavy (non-hydrogen) atoms. The van der Waals surface area contributed by atoms with Crippen molar-refractivity contribution < 1.29 is 4.74 Å². The van der Waals surface area contributed by atoms with Crippen LogP contribution in [-0.4, -0.2) is 30.1 Å². The van der Waals surface area contributed by atoms with Gasteiger partial charge in [0.15, 0.2) is 0 Å². The maximum Gasteiger partial charge on any atom is 0.206 e. The fourth-order valence-electron chi connectivity index (χ4n) is 3.68. The third-order valence-electron chi connectivity index (χ3n) is 5.62. The zero-order chi connectivity index (χ0) is 21.8. The first-order chi connectivity index (χ1) is 15.0. The van der Waals surface area contributed by atoms with Gasteiger partial charge < -0.3 is 4.74 Å². The molecule has 2 aromatic carbocycles. The van der Waals surface area contributed by atoms with Crippen molar-refractivity contribution >= 4 is 17.6 Å². The smallest absolute Gasteiger partial charge is 0.206 e. The van der Waals surface area contributed by atoms with E-state index in [1.54, 1.807) is 23.5 Å². The second kappa shape index (κ2) is 9.42. The highest BCUT2D eigenvalue weighted by molar-refractivity contribution is 7.07. The van der Waals surface area contributed by atoms with E-state index in [1.165, 1.54) is 16.7 Å². The molecule has 0 amide bonds. The first-order valence-electron chi connectivity index (χ1n) is 10.5. The predicted octanol–water partition coefficient (Wildman–Crippen LogP) is 4.98. The molecule has 1 saturated heterocycles. The predicted molar refractivity (Wildman–Crippen MR) is 126 cm³/mol. The average molecular weight is 431 g/mol. The van der Waals surface area contributed by atoms with E-state index in [0.29, 0.717) is 12.1 Å². The molecule has 0 N–H and O–H groups in total. The van der Waals surface area contributed by atoms with Crippen LogP contribution in [0.3, 0.4) is 0 Å². The van der Waals surface area contributed by atoms with E-state index in [1.807, 2.05) is 23.0 Å². The third kappa shape index (κ3) is 4.84. The van der Waals surface area contributed by atoms with Crippen LogP contribution >= 0.6 is 11.3 Å². The van der Waals surface area contributed by atoms with Gasteiger partial charge in [-0.1, -0.05) is 18.2 Å². The first-order valence-corrected chi connectivity index (χ1v) is 11.4. The van der Waals surface area contributed by atoms with Crippen LogP contribution in [0.4, 0.5) is 0 Å². The molecule has 2 heterocycles. The number of aromatic nitrogens is 1. The van der Waals surface area contributed by atoms with Crippen molar-refractivity contribution in [2.75, 3.05) is 13.2 Å². The molecule has 1 atom stereocenters. The van der Waals surface area contributed by atoms with E-state index in [-0.39, 0.29) is 6.10 Å². The lowest BCUT2D eigenvalue weighted by atomic mass is 9.99. The molecule has 5 nitrogen and oxygen atoms in total. The largest absolute Gasteiger partial charge is 0.376 e. The van der Waals surface area contributed by atoms with Gasteiger partial charge in [-0.3, -0.25) is 4.99 Å². The van der Waals surface area contributed by atoms with Crippen LogP contribution in [0, 0.1) is 32.1 Å². The van der Waals surface area contributed by atoms with E-state index in [9.17, 15) is 0 Å². The third-order valence-corrected chi connectivity index (χ3v) is 6.47. The second-order valence-electron chi connectivity index (χ2n) is 7.92. The van der Waals surface area contributed by atoms with Gasteiger partial charge in [0.2, 0.25) is 4.80 Å². The minimum Gasteiger partial charge on any atom is -0.376 e. The van der Waals surface area contributed by atoms with Crippen LogP contribution in [0.15, 0.2) is 51.9 Å². The molecule has 0 aliphatic carbocycles. The van der Waals surface area contributed by atoms with Gasteiger partial charge in [-0.15, -0.1) is 11.3 Å². The summed E-state index contributed by atoms with van der Waals surface area (Å²) in [5, 5.41) is 15.9. The number of hydrogen-bond acceptors (Lipinski definition) is 5. The molecular weight excluding hydrogens is 404 g/mol. The SMILES string of the molecule is Cc1cc(C)c(-c2csc(=NCC3CCCO3)n2N=Cc2ccc(C#N)cc2)cc1C. The van der Waals surface area contributed by atoms with E-state index >= 15 is 0 Å². The highest BCUT2D eigenvalue weighted by Gasteiger charge is 2.16. The Labute approximate surface area is 187 Å². The Hall–Kier alpha value is -3.01. The Balaban J connectivity index is 1.76. The van der Waals surface area contributed by atoms with Crippen molar-refractivity contribution in [1.29, 1.82) is 5.26 Å². The van der Waals surface area contributed by atoms with Crippen LogP contribution < -0.4 is 4.80 Å². The number of nitrogens with zero attached hydrogens (tertiary/aromatic N) is 4. The summed E-state index contributed by atoms with van der Waals surface area (Å²) in [5.74, 6) is 0. The molecule has 158 valence electrons. The highest BCUT2D eigenvalue weighted by Crippen LogP contribution is 2.27. The Morgan fingerprint density at radius 2 is 1.94 bits per heavy atom. The van der Waals surface area contributed by atoms with Crippen LogP contribution in [0.25, 0.3) is 11.3 Å². The summed E-state index contributed by atoms with van der Waals surface area (Å²) in [5.41, 5.74) is 7.52. The highest BCUT2D eigenvalue weighted by atomic mass is 32.1. The Morgan fingerprint density at radius 3 is 2.65 bits per heavy atom. The van der Waals surface area contributed by atoms with Gasteiger partial charge in [0.05, 0.1) is 36.2 Å². The monoisotopic (exact) mass is 430 g/mol. The molecule has 0 saturated carbocycles. The van der Waals surface area contributed by atoms with Crippen molar-refractivity contribution in [2.24, 2.45) is 10.1 Å². The maximum atomic E-state index is 9.02. The van der Waals surface area contributed by atoms with Crippen LogP contribution in [0.2, 0.25) is 0 Å². The lowest BCUT2D eigenvalue weighted by Gasteiger charge is -2.11. The van der Waals surface area contributed by atoms with Gasteiger partial charge in [0.25, 0.3) is 0 Å².